The van der Waals surface area contributed by atoms with Crippen molar-refractivity contribution in [2.75, 3.05) is 5.75 Å². The zero-order valence-electron chi connectivity index (χ0n) is 9.78. The van der Waals surface area contributed by atoms with Crippen LogP contribution in [0.5, 0.6) is 0 Å². The molecule has 15 heavy (non-hydrogen) atoms. The summed E-state index contributed by atoms with van der Waals surface area (Å²) in [4.78, 5) is 13.0. The van der Waals surface area contributed by atoms with Crippen LogP contribution < -0.4 is 4.87 Å². The Balaban J connectivity index is 2.93. The van der Waals surface area contributed by atoms with E-state index in [-0.39, 0.29) is 4.87 Å². The standard InChI is InChI=1S/C11H19NOS2/c1-7(2)10(6-14)5-12-8(3)9(4)15-11(12)13/h7,10,14H,5-6H2,1-4H3. The first-order valence-electron chi connectivity index (χ1n) is 5.25. The third kappa shape index (κ3) is 2.88. The summed E-state index contributed by atoms with van der Waals surface area (Å²) in [6, 6.07) is 0. The third-order valence-corrected chi connectivity index (χ3v) is 4.44. The van der Waals surface area contributed by atoms with Gasteiger partial charge in [0.2, 0.25) is 0 Å². The summed E-state index contributed by atoms with van der Waals surface area (Å²) in [6.07, 6.45) is 0. The van der Waals surface area contributed by atoms with E-state index in [0.717, 1.165) is 22.9 Å². The maximum absolute atomic E-state index is 11.7. The molecule has 1 heterocycles. The van der Waals surface area contributed by atoms with E-state index in [0.29, 0.717) is 11.8 Å². The summed E-state index contributed by atoms with van der Waals surface area (Å²) < 4.78 is 1.89. The number of thiol groups is 1. The predicted molar refractivity (Wildman–Crippen MR) is 70.2 cm³/mol. The maximum atomic E-state index is 11.7. The van der Waals surface area contributed by atoms with Crippen LogP contribution in [0.3, 0.4) is 0 Å². The molecule has 4 heteroatoms. The van der Waals surface area contributed by atoms with Crippen LogP contribution in [0, 0.1) is 25.7 Å². The predicted octanol–water partition coefficient (Wildman–Crippen LogP) is 2.73. The molecule has 1 rings (SSSR count). The van der Waals surface area contributed by atoms with Crippen molar-refractivity contribution in [1.29, 1.82) is 0 Å². The highest BCUT2D eigenvalue weighted by molar-refractivity contribution is 7.80. The first kappa shape index (κ1) is 12.8. The van der Waals surface area contributed by atoms with Crippen molar-refractivity contribution < 1.29 is 0 Å². The van der Waals surface area contributed by atoms with E-state index in [2.05, 4.69) is 26.5 Å². The normalized spacial score (nSPS) is 13.5. The fourth-order valence-electron chi connectivity index (χ4n) is 1.51. The Kier molecular flexibility index (Phi) is 4.46. The average molecular weight is 245 g/mol. The van der Waals surface area contributed by atoms with Crippen molar-refractivity contribution in [3.63, 3.8) is 0 Å². The molecule has 0 saturated heterocycles. The molecule has 0 bridgehead atoms. The van der Waals surface area contributed by atoms with Gasteiger partial charge in [-0.05, 0) is 31.4 Å². The second-order valence-electron chi connectivity index (χ2n) is 4.31. The van der Waals surface area contributed by atoms with Crippen LogP contribution in [0.2, 0.25) is 0 Å². The molecule has 1 atom stereocenters. The molecule has 86 valence electrons. The summed E-state index contributed by atoms with van der Waals surface area (Å²) in [6.45, 7) is 9.18. The lowest BCUT2D eigenvalue weighted by molar-refractivity contribution is 0.367. The van der Waals surface area contributed by atoms with Gasteiger partial charge in [-0.2, -0.15) is 12.6 Å². The monoisotopic (exact) mass is 245 g/mol. The van der Waals surface area contributed by atoms with Crippen LogP contribution in [-0.4, -0.2) is 10.3 Å². The Labute approximate surface area is 101 Å². The maximum Gasteiger partial charge on any atom is 0.307 e. The molecule has 0 aromatic carbocycles. The zero-order chi connectivity index (χ0) is 11.6. The highest BCUT2D eigenvalue weighted by Crippen LogP contribution is 2.17. The average Bonchev–Trinajstić information content (AvgIpc) is 2.39. The minimum absolute atomic E-state index is 0.164. The van der Waals surface area contributed by atoms with Gasteiger partial charge < -0.3 is 4.57 Å². The van der Waals surface area contributed by atoms with Crippen LogP contribution in [0.4, 0.5) is 0 Å². The summed E-state index contributed by atoms with van der Waals surface area (Å²) in [5, 5.41) is 0. The lowest BCUT2D eigenvalue weighted by Gasteiger charge is -2.19. The van der Waals surface area contributed by atoms with E-state index in [4.69, 9.17) is 0 Å². The SMILES string of the molecule is Cc1sc(=O)n(CC(CS)C(C)C)c1C. The number of nitrogens with zero attached hydrogens (tertiary/aromatic N) is 1. The highest BCUT2D eigenvalue weighted by atomic mass is 32.1. The van der Waals surface area contributed by atoms with Gasteiger partial charge in [0.05, 0.1) is 0 Å². The van der Waals surface area contributed by atoms with Crippen LogP contribution in [0.25, 0.3) is 0 Å². The fourth-order valence-corrected chi connectivity index (χ4v) is 2.89. The quantitative estimate of drug-likeness (QED) is 0.810. The molecule has 1 unspecified atom stereocenters. The highest BCUT2D eigenvalue weighted by Gasteiger charge is 2.16. The smallest absolute Gasteiger partial charge is 0.303 e. The van der Waals surface area contributed by atoms with Crippen molar-refractivity contribution in [3.8, 4) is 0 Å². The van der Waals surface area contributed by atoms with Crippen molar-refractivity contribution in [2.24, 2.45) is 11.8 Å². The summed E-state index contributed by atoms with van der Waals surface area (Å²) in [5.74, 6) is 1.87. The largest absolute Gasteiger partial charge is 0.307 e. The van der Waals surface area contributed by atoms with Gasteiger partial charge in [0.15, 0.2) is 0 Å². The van der Waals surface area contributed by atoms with Gasteiger partial charge in [0.1, 0.15) is 0 Å². The number of aryl methyl sites for hydroxylation is 1. The molecule has 0 fully saturated rings. The molecule has 0 aliphatic carbocycles. The zero-order valence-corrected chi connectivity index (χ0v) is 11.5. The minimum Gasteiger partial charge on any atom is -0.303 e. The molecule has 0 amide bonds. The second kappa shape index (κ2) is 5.21. The van der Waals surface area contributed by atoms with E-state index in [1.54, 1.807) is 0 Å². The number of thiazole rings is 1. The van der Waals surface area contributed by atoms with Gasteiger partial charge in [0.25, 0.3) is 0 Å². The molecular weight excluding hydrogens is 226 g/mol. The van der Waals surface area contributed by atoms with Gasteiger partial charge in [0, 0.05) is 17.1 Å². The van der Waals surface area contributed by atoms with E-state index >= 15 is 0 Å². The van der Waals surface area contributed by atoms with E-state index < -0.39 is 0 Å². The summed E-state index contributed by atoms with van der Waals surface area (Å²) in [5.41, 5.74) is 1.11. The summed E-state index contributed by atoms with van der Waals surface area (Å²) in [7, 11) is 0. The van der Waals surface area contributed by atoms with Crippen LogP contribution in [0.15, 0.2) is 4.79 Å². The van der Waals surface area contributed by atoms with Crippen LogP contribution in [0.1, 0.15) is 24.4 Å². The van der Waals surface area contributed by atoms with Crippen molar-refractivity contribution in [2.45, 2.75) is 34.2 Å². The fraction of sp³-hybridized carbons (Fsp3) is 0.727. The van der Waals surface area contributed by atoms with Gasteiger partial charge in [-0.3, -0.25) is 4.79 Å². The molecule has 1 aromatic rings. The molecule has 0 radical (unpaired) electrons. The van der Waals surface area contributed by atoms with Crippen LogP contribution in [-0.2, 0) is 6.54 Å². The Morgan fingerprint density at radius 3 is 2.33 bits per heavy atom. The lowest BCUT2D eigenvalue weighted by Crippen LogP contribution is -2.24. The number of hydrogen-bond acceptors (Lipinski definition) is 3. The topological polar surface area (TPSA) is 22.0 Å². The number of aromatic nitrogens is 1. The van der Waals surface area contributed by atoms with E-state index in [1.807, 2.05) is 18.4 Å². The molecule has 0 spiro atoms. The van der Waals surface area contributed by atoms with Crippen molar-refractivity contribution in [1.82, 2.24) is 4.57 Å². The number of rotatable bonds is 4. The van der Waals surface area contributed by atoms with Gasteiger partial charge in [-0.15, -0.1) is 0 Å². The van der Waals surface area contributed by atoms with Gasteiger partial charge >= 0.3 is 4.87 Å². The van der Waals surface area contributed by atoms with Gasteiger partial charge in [-0.1, -0.05) is 25.2 Å². The van der Waals surface area contributed by atoms with Crippen molar-refractivity contribution in [3.05, 3.63) is 20.2 Å². The molecule has 0 N–H and O–H groups in total. The third-order valence-electron chi connectivity index (χ3n) is 2.97. The Hall–Kier alpha value is -0.220. The molecular formula is C11H19NOS2. The Morgan fingerprint density at radius 2 is 2.00 bits per heavy atom. The van der Waals surface area contributed by atoms with Crippen molar-refractivity contribution >= 4 is 24.0 Å². The Bertz CT molecular complexity index is 378. The molecule has 1 aromatic heterocycles. The molecule has 0 saturated carbocycles. The second-order valence-corrected chi connectivity index (χ2v) is 5.84. The minimum atomic E-state index is 0.164. The summed E-state index contributed by atoms with van der Waals surface area (Å²) >= 11 is 5.69. The van der Waals surface area contributed by atoms with Gasteiger partial charge in [-0.25, -0.2) is 0 Å². The van der Waals surface area contributed by atoms with E-state index in [1.165, 1.54) is 11.3 Å². The Morgan fingerprint density at radius 1 is 1.40 bits per heavy atom. The first-order chi connectivity index (χ1) is 6.97. The first-order valence-corrected chi connectivity index (χ1v) is 6.70. The van der Waals surface area contributed by atoms with Crippen LogP contribution >= 0.6 is 24.0 Å². The number of hydrogen-bond donors (Lipinski definition) is 1. The van der Waals surface area contributed by atoms with E-state index in [9.17, 15) is 4.79 Å². The molecule has 0 aliphatic rings. The lowest BCUT2D eigenvalue weighted by atomic mass is 9.98. The molecule has 2 nitrogen and oxygen atoms in total. The molecule has 0 aliphatic heterocycles.